The van der Waals surface area contributed by atoms with Crippen molar-refractivity contribution in [1.29, 1.82) is 0 Å². The number of carbonyl (C=O) groups is 1. The van der Waals surface area contributed by atoms with Gasteiger partial charge in [-0.1, -0.05) is 6.42 Å². The molecule has 1 aromatic heterocycles. The first-order valence-electron chi connectivity index (χ1n) is 6.94. The van der Waals surface area contributed by atoms with Crippen molar-refractivity contribution in [2.24, 2.45) is 5.92 Å². The van der Waals surface area contributed by atoms with E-state index in [1.165, 1.54) is 0 Å². The summed E-state index contributed by atoms with van der Waals surface area (Å²) in [7, 11) is 0. The molecule has 0 bridgehead atoms. The molecule has 2 unspecified atom stereocenters. The smallest absolute Gasteiger partial charge is 0.308 e. The zero-order valence-electron chi connectivity index (χ0n) is 11.3. The molecule has 5 heteroatoms. The number of rotatable bonds is 5. The Hall–Kier alpha value is -1.49. The maximum Gasteiger partial charge on any atom is 0.308 e. The highest BCUT2D eigenvalue weighted by Gasteiger charge is 2.27. The molecule has 0 amide bonds. The summed E-state index contributed by atoms with van der Waals surface area (Å²) in [6.07, 6.45) is 7.30. The number of hydrogen-bond acceptors (Lipinski definition) is 5. The zero-order chi connectivity index (χ0) is 13.5. The van der Waals surface area contributed by atoms with Crippen LogP contribution in [0.5, 0.6) is 0 Å². The fraction of sp³-hybridized carbons (Fsp3) is 0.643. The molecule has 2 atom stereocenters. The van der Waals surface area contributed by atoms with Gasteiger partial charge in [-0.2, -0.15) is 0 Å². The monoisotopic (exact) mass is 263 g/mol. The van der Waals surface area contributed by atoms with Gasteiger partial charge in [-0.05, 0) is 32.3 Å². The number of hydrogen-bond donors (Lipinski definition) is 1. The van der Waals surface area contributed by atoms with E-state index in [0.29, 0.717) is 12.6 Å². The number of nitrogens with one attached hydrogen (secondary N) is 1. The molecule has 1 aliphatic carbocycles. The van der Waals surface area contributed by atoms with E-state index in [9.17, 15) is 4.79 Å². The molecule has 19 heavy (non-hydrogen) atoms. The summed E-state index contributed by atoms with van der Waals surface area (Å²) in [5.74, 6) is 0.00707. The quantitative estimate of drug-likeness (QED) is 0.819. The molecule has 104 valence electrons. The number of esters is 1. The predicted molar refractivity (Wildman–Crippen MR) is 71.3 cm³/mol. The van der Waals surface area contributed by atoms with Crippen LogP contribution in [0.4, 0.5) is 0 Å². The molecular weight excluding hydrogens is 242 g/mol. The summed E-state index contributed by atoms with van der Waals surface area (Å²) in [6.45, 7) is 3.04. The molecule has 1 N–H and O–H groups in total. The van der Waals surface area contributed by atoms with Crippen LogP contribution in [0.3, 0.4) is 0 Å². The number of nitrogens with zero attached hydrogens (tertiary/aromatic N) is 2. The molecule has 0 aliphatic heterocycles. The minimum atomic E-state index is -0.0453. The minimum absolute atomic E-state index is 0.0453. The van der Waals surface area contributed by atoms with Crippen molar-refractivity contribution in [3.05, 3.63) is 24.3 Å². The first-order valence-corrected chi connectivity index (χ1v) is 6.94. The predicted octanol–water partition coefficient (Wildman–Crippen LogP) is 1.69. The third-order valence-corrected chi connectivity index (χ3v) is 3.51. The molecule has 0 radical (unpaired) electrons. The highest BCUT2D eigenvalue weighted by atomic mass is 16.5. The second-order valence-electron chi connectivity index (χ2n) is 4.89. The van der Waals surface area contributed by atoms with Crippen molar-refractivity contribution < 1.29 is 9.53 Å². The normalized spacial score (nSPS) is 23.0. The van der Waals surface area contributed by atoms with E-state index < -0.39 is 0 Å². The fourth-order valence-electron chi connectivity index (χ4n) is 2.52. The molecule has 1 heterocycles. The van der Waals surface area contributed by atoms with E-state index in [0.717, 1.165) is 37.9 Å². The van der Waals surface area contributed by atoms with Crippen molar-refractivity contribution >= 4 is 5.97 Å². The van der Waals surface area contributed by atoms with E-state index in [-0.39, 0.29) is 11.9 Å². The molecule has 0 spiro atoms. The average molecular weight is 263 g/mol. The van der Waals surface area contributed by atoms with Gasteiger partial charge in [0.1, 0.15) is 6.33 Å². The Morgan fingerprint density at radius 3 is 3.16 bits per heavy atom. The molecule has 1 fully saturated rings. The van der Waals surface area contributed by atoms with Gasteiger partial charge in [0.25, 0.3) is 0 Å². The maximum atomic E-state index is 11.7. The van der Waals surface area contributed by atoms with Crippen LogP contribution in [0, 0.1) is 5.92 Å². The van der Waals surface area contributed by atoms with Crippen molar-refractivity contribution in [3.63, 3.8) is 0 Å². The minimum Gasteiger partial charge on any atom is -0.466 e. The van der Waals surface area contributed by atoms with Crippen LogP contribution in [0.2, 0.25) is 0 Å². The summed E-state index contributed by atoms with van der Waals surface area (Å²) in [5.41, 5.74) is 0.980. The molecular formula is C14H21N3O2. The lowest BCUT2D eigenvalue weighted by Gasteiger charge is -2.28. The van der Waals surface area contributed by atoms with Gasteiger partial charge >= 0.3 is 5.97 Å². The second-order valence-corrected chi connectivity index (χ2v) is 4.89. The Labute approximate surface area is 113 Å². The van der Waals surface area contributed by atoms with Gasteiger partial charge in [-0.15, -0.1) is 0 Å². The van der Waals surface area contributed by atoms with Gasteiger partial charge in [0, 0.05) is 18.8 Å². The first kappa shape index (κ1) is 13.9. The molecule has 1 aromatic rings. The maximum absolute atomic E-state index is 11.7. The second kappa shape index (κ2) is 7.19. The number of carbonyl (C=O) groups excluding carboxylic acids is 1. The van der Waals surface area contributed by atoms with Gasteiger partial charge in [0.2, 0.25) is 0 Å². The van der Waals surface area contributed by atoms with Gasteiger partial charge in [0.05, 0.1) is 18.2 Å². The SMILES string of the molecule is CCOC(=O)C1CCCC(NCc2ccncn2)C1. The summed E-state index contributed by atoms with van der Waals surface area (Å²) in [4.78, 5) is 19.8. The molecule has 0 aromatic carbocycles. The Morgan fingerprint density at radius 1 is 1.53 bits per heavy atom. The largest absolute Gasteiger partial charge is 0.466 e. The lowest BCUT2D eigenvalue weighted by Crippen LogP contribution is -2.36. The first-order chi connectivity index (χ1) is 9.29. The van der Waals surface area contributed by atoms with Crippen LogP contribution in [-0.2, 0) is 16.1 Å². The molecule has 5 nitrogen and oxygen atoms in total. The zero-order valence-corrected chi connectivity index (χ0v) is 11.3. The van der Waals surface area contributed by atoms with Crippen LogP contribution in [0.25, 0.3) is 0 Å². The van der Waals surface area contributed by atoms with Crippen LogP contribution >= 0.6 is 0 Å². The van der Waals surface area contributed by atoms with E-state index in [2.05, 4.69) is 15.3 Å². The number of ether oxygens (including phenoxy) is 1. The van der Waals surface area contributed by atoms with E-state index >= 15 is 0 Å². The van der Waals surface area contributed by atoms with Gasteiger partial charge in [-0.3, -0.25) is 4.79 Å². The van der Waals surface area contributed by atoms with Crippen LogP contribution in [0.1, 0.15) is 38.3 Å². The number of aromatic nitrogens is 2. The lowest BCUT2D eigenvalue weighted by atomic mass is 9.85. The molecule has 0 saturated heterocycles. The van der Waals surface area contributed by atoms with Crippen molar-refractivity contribution in [2.45, 2.75) is 45.2 Å². The Balaban J connectivity index is 1.79. The Morgan fingerprint density at radius 2 is 2.42 bits per heavy atom. The molecule has 1 saturated carbocycles. The van der Waals surface area contributed by atoms with Crippen LogP contribution in [0.15, 0.2) is 18.6 Å². The fourth-order valence-corrected chi connectivity index (χ4v) is 2.52. The standard InChI is InChI=1S/C14H21N3O2/c1-2-19-14(18)11-4-3-5-12(8-11)16-9-13-6-7-15-10-17-13/h6-7,10-12,16H,2-5,8-9H2,1H3. The highest BCUT2D eigenvalue weighted by molar-refractivity contribution is 5.72. The van der Waals surface area contributed by atoms with Gasteiger partial charge < -0.3 is 10.1 Å². The Kier molecular flexibility index (Phi) is 5.27. The van der Waals surface area contributed by atoms with Crippen LogP contribution < -0.4 is 5.32 Å². The third-order valence-electron chi connectivity index (χ3n) is 3.51. The van der Waals surface area contributed by atoms with E-state index in [4.69, 9.17) is 4.74 Å². The topological polar surface area (TPSA) is 64.1 Å². The molecule has 2 rings (SSSR count). The van der Waals surface area contributed by atoms with Crippen molar-refractivity contribution in [3.8, 4) is 0 Å². The lowest BCUT2D eigenvalue weighted by molar-refractivity contribution is -0.149. The summed E-state index contributed by atoms with van der Waals surface area (Å²) < 4.78 is 5.11. The van der Waals surface area contributed by atoms with E-state index in [1.54, 1.807) is 12.5 Å². The Bertz CT molecular complexity index is 397. The third kappa shape index (κ3) is 4.28. The van der Waals surface area contributed by atoms with Gasteiger partial charge in [-0.25, -0.2) is 9.97 Å². The molecule has 1 aliphatic rings. The van der Waals surface area contributed by atoms with Crippen LogP contribution in [-0.4, -0.2) is 28.6 Å². The summed E-state index contributed by atoms with van der Waals surface area (Å²) in [5, 5.41) is 3.47. The van der Waals surface area contributed by atoms with Crippen molar-refractivity contribution in [2.75, 3.05) is 6.61 Å². The van der Waals surface area contributed by atoms with E-state index in [1.807, 2.05) is 13.0 Å². The van der Waals surface area contributed by atoms with Gasteiger partial charge in [0.15, 0.2) is 0 Å². The average Bonchev–Trinajstić information content (AvgIpc) is 2.47. The summed E-state index contributed by atoms with van der Waals surface area (Å²) >= 11 is 0. The highest BCUT2D eigenvalue weighted by Crippen LogP contribution is 2.25. The summed E-state index contributed by atoms with van der Waals surface area (Å²) in [6, 6.07) is 2.27. The van der Waals surface area contributed by atoms with Crippen molar-refractivity contribution in [1.82, 2.24) is 15.3 Å².